The highest BCUT2D eigenvalue weighted by Gasteiger charge is 2.16. The Bertz CT molecular complexity index is 447. The van der Waals surface area contributed by atoms with Crippen molar-refractivity contribution in [2.45, 2.75) is 26.4 Å². The molecule has 0 aromatic heterocycles. The smallest absolute Gasteiger partial charge is 0.227 e. The van der Waals surface area contributed by atoms with Crippen LogP contribution in [0.15, 0.2) is 18.2 Å². The van der Waals surface area contributed by atoms with Gasteiger partial charge in [0.1, 0.15) is 0 Å². The first-order chi connectivity index (χ1) is 8.82. The van der Waals surface area contributed by atoms with Crippen molar-refractivity contribution >= 4 is 28.9 Å². The van der Waals surface area contributed by atoms with E-state index in [0.717, 1.165) is 5.69 Å². The Morgan fingerprint density at radius 3 is 2.58 bits per heavy atom. The maximum Gasteiger partial charge on any atom is 0.227 e. The summed E-state index contributed by atoms with van der Waals surface area (Å²) in [6, 6.07) is 5.35. The number of carbonyl (C=O) groups excluding carboxylic acids is 1. The molecule has 1 rings (SSSR count). The number of aliphatic hydroxyl groups excluding tert-OH is 1. The van der Waals surface area contributed by atoms with Crippen LogP contribution in [0.5, 0.6) is 0 Å². The van der Waals surface area contributed by atoms with Crippen LogP contribution in [0, 0.1) is 5.92 Å². The van der Waals surface area contributed by atoms with Crippen molar-refractivity contribution in [1.82, 2.24) is 0 Å². The van der Waals surface area contributed by atoms with E-state index >= 15 is 0 Å². The molecule has 1 amide bonds. The number of para-hydroxylation sites is 1. The number of aliphatic hydroxyl groups is 1. The number of hydrogen-bond acceptors (Lipinski definition) is 3. The van der Waals surface area contributed by atoms with Crippen LogP contribution in [0.1, 0.15) is 20.3 Å². The fourth-order valence-corrected chi connectivity index (χ4v) is 2.04. The normalized spacial score (nSPS) is 12.4. The second kappa shape index (κ2) is 6.78. The van der Waals surface area contributed by atoms with Gasteiger partial charge in [-0.1, -0.05) is 31.5 Å². The van der Waals surface area contributed by atoms with Gasteiger partial charge in [0, 0.05) is 14.1 Å². The van der Waals surface area contributed by atoms with E-state index in [-0.39, 0.29) is 18.2 Å². The summed E-state index contributed by atoms with van der Waals surface area (Å²) in [5, 5.41) is 13.1. The number of carbonyl (C=O) groups is 1. The van der Waals surface area contributed by atoms with Gasteiger partial charge in [-0.15, -0.1) is 0 Å². The molecule has 0 bridgehead atoms. The van der Waals surface area contributed by atoms with E-state index in [4.69, 9.17) is 11.6 Å². The number of rotatable bonds is 5. The quantitative estimate of drug-likeness (QED) is 0.874. The maximum atomic E-state index is 11.9. The van der Waals surface area contributed by atoms with E-state index in [9.17, 15) is 9.90 Å². The van der Waals surface area contributed by atoms with Gasteiger partial charge < -0.3 is 15.3 Å². The summed E-state index contributed by atoms with van der Waals surface area (Å²) in [6.07, 6.45) is -0.557. The molecule has 0 aliphatic rings. The van der Waals surface area contributed by atoms with Crippen molar-refractivity contribution in [3.8, 4) is 0 Å². The second-order valence-electron chi connectivity index (χ2n) is 5.09. The topological polar surface area (TPSA) is 52.6 Å². The number of benzene rings is 1. The van der Waals surface area contributed by atoms with E-state index in [1.807, 2.05) is 32.8 Å². The highest BCUT2D eigenvalue weighted by molar-refractivity contribution is 6.34. The molecule has 0 radical (unpaired) electrons. The van der Waals surface area contributed by atoms with Gasteiger partial charge in [-0.2, -0.15) is 0 Å². The lowest BCUT2D eigenvalue weighted by Gasteiger charge is -2.20. The SMILES string of the molecule is CC(C)C(O)CC(=O)Nc1cccc(Cl)c1N(C)C. The van der Waals surface area contributed by atoms with Crippen molar-refractivity contribution in [1.29, 1.82) is 0 Å². The Morgan fingerprint density at radius 1 is 1.42 bits per heavy atom. The summed E-state index contributed by atoms with van der Waals surface area (Å²) in [5.41, 5.74) is 1.41. The van der Waals surface area contributed by atoms with Crippen LogP contribution >= 0.6 is 11.6 Å². The minimum atomic E-state index is -0.637. The van der Waals surface area contributed by atoms with E-state index < -0.39 is 6.10 Å². The first-order valence-corrected chi connectivity index (χ1v) is 6.64. The fraction of sp³-hybridized carbons (Fsp3) is 0.500. The van der Waals surface area contributed by atoms with E-state index in [2.05, 4.69) is 5.32 Å². The van der Waals surface area contributed by atoms with E-state index in [0.29, 0.717) is 10.7 Å². The zero-order chi connectivity index (χ0) is 14.6. The molecular formula is C14H21ClN2O2. The van der Waals surface area contributed by atoms with Crippen LogP contribution in [-0.2, 0) is 4.79 Å². The lowest BCUT2D eigenvalue weighted by Crippen LogP contribution is -2.24. The molecule has 1 aromatic rings. The predicted octanol–water partition coefficient (Wildman–Crippen LogP) is 2.75. The Labute approximate surface area is 119 Å². The zero-order valence-corrected chi connectivity index (χ0v) is 12.5. The largest absolute Gasteiger partial charge is 0.392 e. The van der Waals surface area contributed by atoms with Crippen molar-refractivity contribution in [3.63, 3.8) is 0 Å². The van der Waals surface area contributed by atoms with Crippen LogP contribution in [0.4, 0.5) is 11.4 Å². The summed E-state index contributed by atoms with van der Waals surface area (Å²) < 4.78 is 0. The number of nitrogens with zero attached hydrogens (tertiary/aromatic N) is 1. The summed E-state index contributed by atoms with van der Waals surface area (Å²) in [6.45, 7) is 3.76. The molecule has 0 aliphatic carbocycles. The van der Waals surface area contributed by atoms with Crippen LogP contribution in [0.3, 0.4) is 0 Å². The number of anilines is 2. The standard InChI is InChI=1S/C14H21ClN2O2/c1-9(2)12(18)8-13(19)16-11-7-5-6-10(15)14(11)17(3)4/h5-7,9,12,18H,8H2,1-4H3,(H,16,19). The van der Waals surface area contributed by atoms with Crippen LogP contribution < -0.4 is 10.2 Å². The summed E-state index contributed by atoms with van der Waals surface area (Å²) in [5.74, 6) is -0.162. The van der Waals surface area contributed by atoms with Crippen molar-refractivity contribution < 1.29 is 9.90 Å². The minimum absolute atomic E-state index is 0.0541. The molecule has 0 spiro atoms. The van der Waals surface area contributed by atoms with Crippen LogP contribution in [0.25, 0.3) is 0 Å². The molecule has 19 heavy (non-hydrogen) atoms. The first kappa shape index (κ1) is 15.8. The number of amides is 1. The summed E-state index contributed by atoms with van der Waals surface area (Å²) in [7, 11) is 3.72. The molecule has 0 aliphatic heterocycles. The van der Waals surface area contributed by atoms with Crippen LogP contribution in [-0.4, -0.2) is 31.2 Å². The molecule has 1 aromatic carbocycles. The predicted molar refractivity (Wildman–Crippen MR) is 79.9 cm³/mol. The average Bonchev–Trinajstić information content (AvgIpc) is 2.27. The molecule has 5 heteroatoms. The molecule has 1 unspecified atom stereocenters. The Morgan fingerprint density at radius 2 is 2.05 bits per heavy atom. The van der Waals surface area contributed by atoms with Gasteiger partial charge in [-0.05, 0) is 18.1 Å². The zero-order valence-electron chi connectivity index (χ0n) is 11.8. The molecule has 0 heterocycles. The van der Waals surface area contributed by atoms with Gasteiger partial charge in [0.15, 0.2) is 0 Å². The van der Waals surface area contributed by atoms with Gasteiger partial charge in [-0.25, -0.2) is 0 Å². The summed E-state index contributed by atoms with van der Waals surface area (Å²) in [4.78, 5) is 13.7. The molecule has 0 fully saturated rings. The number of halogens is 1. The highest BCUT2D eigenvalue weighted by atomic mass is 35.5. The van der Waals surface area contributed by atoms with Gasteiger partial charge in [-0.3, -0.25) is 4.79 Å². The molecule has 106 valence electrons. The van der Waals surface area contributed by atoms with Crippen LogP contribution in [0.2, 0.25) is 5.02 Å². The second-order valence-corrected chi connectivity index (χ2v) is 5.50. The van der Waals surface area contributed by atoms with E-state index in [1.165, 1.54) is 0 Å². The Kier molecular flexibility index (Phi) is 5.63. The minimum Gasteiger partial charge on any atom is -0.392 e. The van der Waals surface area contributed by atoms with E-state index in [1.54, 1.807) is 18.2 Å². The van der Waals surface area contributed by atoms with Gasteiger partial charge >= 0.3 is 0 Å². The lowest BCUT2D eigenvalue weighted by molar-refractivity contribution is -0.118. The van der Waals surface area contributed by atoms with Gasteiger partial charge in [0.25, 0.3) is 0 Å². The van der Waals surface area contributed by atoms with Gasteiger partial charge in [0.05, 0.1) is 28.9 Å². The monoisotopic (exact) mass is 284 g/mol. The highest BCUT2D eigenvalue weighted by Crippen LogP contribution is 2.32. The number of nitrogens with one attached hydrogen (secondary N) is 1. The van der Waals surface area contributed by atoms with Gasteiger partial charge in [0.2, 0.25) is 5.91 Å². The molecule has 1 atom stereocenters. The third kappa shape index (κ3) is 4.40. The summed E-state index contributed by atoms with van der Waals surface area (Å²) >= 11 is 6.12. The van der Waals surface area contributed by atoms with Crippen molar-refractivity contribution in [2.24, 2.45) is 5.92 Å². The average molecular weight is 285 g/mol. The fourth-order valence-electron chi connectivity index (χ4n) is 1.70. The third-order valence-corrected chi connectivity index (χ3v) is 3.18. The molecule has 0 saturated carbocycles. The molecule has 0 saturated heterocycles. The lowest BCUT2D eigenvalue weighted by atomic mass is 10.0. The molecule has 4 nitrogen and oxygen atoms in total. The Balaban J connectivity index is 2.83. The maximum absolute atomic E-state index is 11.9. The third-order valence-electron chi connectivity index (χ3n) is 2.87. The van der Waals surface area contributed by atoms with Crippen molar-refractivity contribution in [3.05, 3.63) is 23.2 Å². The number of hydrogen-bond donors (Lipinski definition) is 2. The molecular weight excluding hydrogens is 264 g/mol. The Hall–Kier alpha value is -1.26. The van der Waals surface area contributed by atoms with Crippen molar-refractivity contribution in [2.75, 3.05) is 24.3 Å². The first-order valence-electron chi connectivity index (χ1n) is 6.26. The molecule has 2 N–H and O–H groups in total.